The topological polar surface area (TPSA) is 43.6 Å². The van der Waals surface area contributed by atoms with E-state index in [0.29, 0.717) is 0 Å². The van der Waals surface area contributed by atoms with Gasteiger partial charge in [-0.25, -0.2) is 4.98 Å². The zero-order chi connectivity index (χ0) is 25.1. The summed E-state index contributed by atoms with van der Waals surface area (Å²) in [4.78, 5) is 15.3. The van der Waals surface area contributed by atoms with Crippen LogP contribution in [0, 0.1) is 0 Å². The molecule has 178 valence electrons. The Balaban J connectivity index is 1.51. The van der Waals surface area contributed by atoms with Crippen molar-refractivity contribution in [2.24, 2.45) is 0 Å². The van der Waals surface area contributed by atoms with E-state index in [1.165, 1.54) is 26.2 Å². The molecule has 0 fully saturated rings. The third kappa shape index (κ3) is 3.19. The van der Waals surface area contributed by atoms with Crippen LogP contribution < -0.4 is 0 Å². The molecule has 0 unspecified atom stereocenters. The largest absolute Gasteiger partial charge is 0.308 e. The monoisotopic (exact) mass is 504 g/mol. The predicted molar refractivity (Wildman–Crippen MR) is 158 cm³/mol. The lowest BCUT2D eigenvalue weighted by Crippen LogP contribution is -1.97. The van der Waals surface area contributed by atoms with Crippen molar-refractivity contribution in [3.05, 3.63) is 122 Å². The molecular weight excluding hydrogens is 484 g/mol. The van der Waals surface area contributed by atoms with E-state index < -0.39 is 0 Å². The maximum absolute atomic E-state index is 4.96. The Morgan fingerprint density at radius 1 is 0.553 bits per heavy atom. The average molecular weight is 505 g/mol. The lowest BCUT2D eigenvalue weighted by atomic mass is 10.0. The van der Waals surface area contributed by atoms with Gasteiger partial charge in [0.1, 0.15) is 4.83 Å². The Kier molecular flexibility index (Phi) is 4.66. The number of hydrogen-bond donors (Lipinski definition) is 0. The number of fused-ring (bicyclic) bond motifs is 7. The van der Waals surface area contributed by atoms with Crippen molar-refractivity contribution in [2.45, 2.75) is 0 Å². The standard InChI is InChI=1S/C33H20N4S/c1-3-13-28-24(9-1)31-29(20-36-33-32(31)25-10-2-4-14-30(25)38-33)37(28)23-18-21(26-11-5-7-15-34-26)17-22(19-23)27-12-6-8-16-35-27/h1-20H. The summed E-state index contributed by atoms with van der Waals surface area (Å²) in [5, 5.41) is 4.94. The molecule has 5 heterocycles. The van der Waals surface area contributed by atoms with Crippen LogP contribution in [0.1, 0.15) is 0 Å². The second kappa shape index (κ2) is 8.33. The summed E-state index contributed by atoms with van der Waals surface area (Å²) >= 11 is 1.75. The number of aromatic nitrogens is 4. The highest BCUT2D eigenvalue weighted by Gasteiger charge is 2.19. The smallest absolute Gasteiger partial charge is 0.125 e. The minimum Gasteiger partial charge on any atom is -0.308 e. The van der Waals surface area contributed by atoms with Crippen molar-refractivity contribution >= 4 is 53.4 Å². The molecule has 0 aliphatic heterocycles. The maximum Gasteiger partial charge on any atom is 0.125 e. The minimum absolute atomic E-state index is 0.927. The van der Waals surface area contributed by atoms with Gasteiger partial charge in [-0.2, -0.15) is 0 Å². The number of benzene rings is 3. The van der Waals surface area contributed by atoms with Crippen molar-refractivity contribution in [2.75, 3.05) is 0 Å². The van der Waals surface area contributed by atoms with E-state index in [1.54, 1.807) is 11.3 Å². The number of rotatable bonds is 3. The zero-order valence-corrected chi connectivity index (χ0v) is 21.1. The molecule has 0 spiro atoms. The van der Waals surface area contributed by atoms with Gasteiger partial charge in [0.2, 0.25) is 0 Å². The quantitative estimate of drug-likeness (QED) is 0.242. The van der Waals surface area contributed by atoms with Crippen LogP contribution in [0.2, 0.25) is 0 Å². The maximum atomic E-state index is 4.96. The zero-order valence-electron chi connectivity index (χ0n) is 20.2. The molecule has 0 saturated carbocycles. The fourth-order valence-electron chi connectivity index (χ4n) is 5.51. The number of nitrogens with zero attached hydrogens (tertiary/aromatic N) is 4. The van der Waals surface area contributed by atoms with E-state index in [2.05, 4.69) is 93.4 Å². The van der Waals surface area contributed by atoms with E-state index in [-0.39, 0.29) is 0 Å². The molecule has 0 aliphatic rings. The highest BCUT2D eigenvalue weighted by atomic mass is 32.1. The summed E-state index contributed by atoms with van der Waals surface area (Å²) < 4.78 is 3.59. The Bertz CT molecular complexity index is 2070. The minimum atomic E-state index is 0.927. The summed E-state index contributed by atoms with van der Waals surface area (Å²) in [6.45, 7) is 0. The summed E-state index contributed by atoms with van der Waals surface area (Å²) in [5.41, 5.74) is 7.24. The molecule has 0 atom stereocenters. The lowest BCUT2D eigenvalue weighted by molar-refractivity contribution is 1.17. The van der Waals surface area contributed by atoms with Crippen LogP contribution in [0.15, 0.2) is 122 Å². The van der Waals surface area contributed by atoms with Crippen LogP contribution in [0.3, 0.4) is 0 Å². The number of para-hydroxylation sites is 1. The fraction of sp³-hybridized carbons (Fsp3) is 0. The molecule has 8 rings (SSSR count). The van der Waals surface area contributed by atoms with Crippen molar-refractivity contribution in [3.8, 4) is 28.2 Å². The molecule has 0 bridgehead atoms. The van der Waals surface area contributed by atoms with E-state index in [4.69, 9.17) is 4.98 Å². The summed E-state index contributed by atoms with van der Waals surface area (Å²) in [5.74, 6) is 0. The van der Waals surface area contributed by atoms with Crippen molar-refractivity contribution in [1.82, 2.24) is 19.5 Å². The molecule has 3 aromatic carbocycles. The normalized spacial score (nSPS) is 11.7. The molecule has 0 saturated heterocycles. The molecule has 5 heteroatoms. The van der Waals surface area contributed by atoms with E-state index in [1.807, 2.05) is 42.9 Å². The van der Waals surface area contributed by atoms with Crippen molar-refractivity contribution in [3.63, 3.8) is 0 Å². The van der Waals surface area contributed by atoms with Crippen LogP contribution in [-0.2, 0) is 0 Å². The van der Waals surface area contributed by atoms with Crippen LogP contribution >= 0.6 is 11.3 Å². The summed E-state index contributed by atoms with van der Waals surface area (Å²) in [7, 11) is 0. The van der Waals surface area contributed by atoms with Gasteiger partial charge in [0.15, 0.2) is 0 Å². The summed E-state index contributed by atoms with van der Waals surface area (Å²) in [6, 6.07) is 35.9. The number of hydrogen-bond acceptors (Lipinski definition) is 4. The molecule has 5 aromatic heterocycles. The first-order valence-corrected chi connectivity index (χ1v) is 13.3. The third-order valence-corrected chi connectivity index (χ3v) is 8.22. The Morgan fingerprint density at radius 2 is 1.21 bits per heavy atom. The van der Waals surface area contributed by atoms with Crippen molar-refractivity contribution < 1.29 is 0 Å². The molecule has 0 aliphatic carbocycles. The third-order valence-electron chi connectivity index (χ3n) is 7.14. The van der Waals surface area contributed by atoms with Gasteiger partial charge >= 0.3 is 0 Å². The van der Waals surface area contributed by atoms with Gasteiger partial charge < -0.3 is 4.57 Å². The highest BCUT2D eigenvalue weighted by molar-refractivity contribution is 7.25. The Hall–Kier alpha value is -4.87. The highest BCUT2D eigenvalue weighted by Crippen LogP contribution is 2.42. The molecular formula is C33H20N4S. The first kappa shape index (κ1) is 21.2. The molecule has 4 nitrogen and oxygen atoms in total. The van der Waals surface area contributed by atoms with Gasteiger partial charge in [-0.05, 0) is 54.6 Å². The second-order valence-corrected chi connectivity index (χ2v) is 10.4. The van der Waals surface area contributed by atoms with Gasteiger partial charge in [0, 0.05) is 55.5 Å². The summed E-state index contributed by atoms with van der Waals surface area (Å²) in [6.07, 6.45) is 5.71. The Morgan fingerprint density at radius 3 is 1.92 bits per heavy atom. The lowest BCUT2D eigenvalue weighted by Gasteiger charge is -2.13. The van der Waals surface area contributed by atoms with Gasteiger partial charge in [-0.1, -0.05) is 48.5 Å². The first-order valence-electron chi connectivity index (χ1n) is 12.5. The average Bonchev–Trinajstić information content (AvgIpc) is 3.53. The molecule has 0 radical (unpaired) electrons. The van der Waals surface area contributed by atoms with Gasteiger partial charge in [0.25, 0.3) is 0 Å². The van der Waals surface area contributed by atoms with Gasteiger partial charge in [-0.15, -0.1) is 11.3 Å². The first-order chi connectivity index (χ1) is 18.8. The van der Waals surface area contributed by atoms with E-state index in [0.717, 1.165) is 44.1 Å². The predicted octanol–water partition coefficient (Wildman–Crippen LogP) is 8.67. The SMILES string of the molecule is c1ccc(-c2cc(-c3ccccn3)cc(-n3c4ccccc4c4c5c(ncc43)sc3ccccc35)c2)nc1. The number of pyridine rings is 3. The van der Waals surface area contributed by atoms with Gasteiger partial charge in [0.05, 0.1) is 28.6 Å². The molecule has 38 heavy (non-hydrogen) atoms. The molecule has 0 amide bonds. The van der Waals surface area contributed by atoms with Crippen LogP contribution in [0.25, 0.3) is 70.3 Å². The van der Waals surface area contributed by atoms with Crippen LogP contribution in [0.5, 0.6) is 0 Å². The number of thiophene rings is 1. The van der Waals surface area contributed by atoms with E-state index >= 15 is 0 Å². The Labute approximate surface area is 222 Å². The molecule has 8 aromatic rings. The van der Waals surface area contributed by atoms with Crippen molar-refractivity contribution in [1.29, 1.82) is 0 Å². The van der Waals surface area contributed by atoms with Gasteiger partial charge in [-0.3, -0.25) is 9.97 Å². The van der Waals surface area contributed by atoms with E-state index in [9.17, 15) is 0 Å². The second-order valence-electron chi connectivity index (χ2n) is 9.35. The molecule has 0 N–H and O–H groups in total. The fourth-order valence-corrected chi connectivity index (χ4v) is 6.57. The van der Waals surface area contributed by atoms with Crippen LogP contribution in [-0.4, -0.2) is 19.5 Å². The van der Waals surface area contributed by atoms with Crippen LogP contribution in [0.4, 0.5) is 0 Å².